The van der Waals surface area contributed by atoms with Gasteiger partial charge in [-0.2, -0.15) is 5.10 Å². The molecule has 0 aliphatic rings. The van der Waals surface area contributed by atoms with Crippen LogP contribution in [0.4, 0.5) is 17.1 Å². The van der Waals surface area contributed by atoms with Crippen LogP contribution in [0.5, 0.6) is 0 Å². The van der Waals surface area contributed by atoms with E-state index in [1.807, 2.05) is 0 Å². The number of hydrogen-bond donors (Lipinski definition) is 2. The number of H-pyrrole nitrogens is 1. The predicted molar refractivity (Wildman–Crippen MR) is 84.8 cm³/mol. The molecule has 3 rings (SSSR count). The van der Waals surface area contributed by atoms with Gasteiger partial charge in [0.25, 0.3) is 5.69 Å². The molecule has 0 bridgehead atoms. The largest absolute Gasteiger partial charge is 0.347 e. The number of aromatic nitrogens is 2. The quantitative estimate of drug-likeness (QED) is 0.428. The molecule has 0 fully saturated rings. The second-order valence-corrected chi connectivity index (χ2v) is 4.80. The third-order valence-electron chi connectivity index (χ3n) is 3.27. The van der Waals surface area contributed by atoms with Crippen molar-refractivity contribution >= 4 is 22.8 Å². The number of nitro benzene ring substituents is 1. The Morgan fingerprint density at radius 3 is 2.57 bits per heavy atom. The molecule has 0 unspecified atom stereocenters. The SMILES string of the molecule is O=C(c1ccccc1)c1ccc(Nc2cn[nH]c2)c([N+](=O)[O-])c1. The minimum Gasteiger partial charge on any atom is -0.347 e. The van der Waals surface area contributed by atoms with Gasteiger partial charge in [0.05, 0.1) is 16.8 Å². The Hall–Kier alpha value is -3.48. The topological polar surface area (TPSA) is 101 Å². The summed E-state index contributed by atoms with van der Waals surface area (Å²) in [6.45, 7) is 0. The third kappa shape index (κ3) is 3.08. The van der Waals surface area contributed by atoms with E-state index < -0.39 is 4.92 Å². The first-order chi connectivity index (χ1) is 11.1. The van der Waals surface area contributed by atoms with Crippen LogP contribution in [0.3, 0.4) is 0 Å². The molecule has 0 radical (unpaired) electrons. The van der Waals surface area contributed by atoms with Gasteiger partial charge in [-0.3, -0.25) is 20.0 Å². The van der Waals surface area contributed by atoms with Crippen LogP contribution < -0.4 is 5.32 Å². The van der Waals surface area contributed by atoms with E-state index in [2.05, 4.69) is 15.5 Å². The number of anilines is 2. The van der Waals surface area contributed by atoms with E-state index in [1.165, 1.54) is 18.3 Å². The molecule has 23 heavy (non-hydrogen) atoms. The van der Waals surface area contributed by atoms with Gasteiger partial charge >= 0.3 is 0 Å². The van der Waals surface area contributed by atoms with Crippen LogP contribution in [0.25, 0.3) is 0 Å². The molecule has 114 valence electrons. The summed E-state index contributed by atoms with van der Waals surface area (Å²) in [5.74, 6) is -0.261. The fourth-order valence-corrected chi connectivity index (χ4v) is 2.16. The lowest BCUT2D eigenvalue weighted by molar-refractivity contribution is -0.383. The third-order valence-corrected chi connectivity index (χ3v) is 3.27. The Morgan fingerprint density at radius 1 is 1.13 bits per heavy atom. The van der Waals surface area contributed by atoms with Gasteiger partial charge < -0.3 is 5.32 Å². The molecule has 0 amide bonds. The van der Waals surface area contributed by atoms with Crippen LogP contribution in [-0.2, 0) is 0 Å². The highest BCUT2D eigenvalue weighted by Crippen LogP contribution is 2.29. The lowest BCUT2D eigenvalue weighted by Gasteiger charge is -2.07. The first-order valence-corrected chi connectivity index (χ1v) is 6.79. The van der Waals surface area contributed by atoms with E-state index in [0.717, 1.165) is 0 Å². The number of aromatic amines is 1. The number of nitro groups is 1. The molecule has 2 N–H and O–H groups in total. The van der Waals surface area contributed by atoms with Crippen molar-refractivity contribution in [2.45, 2.75) is 0 Å². The summed E-state index contributed by atoms with van der Waals surface area (Å²) >= 11 is 0. The fraction of sp³-hybridized carbons (Fsp3) is 0. The summed E-state index contributed by atoms with van der Waals surface area (Å²) in [6, 6.07) is 13.0. The molecule has 0 aliphatic heterocycles. The number of ketones is 1. The van der Waals surface area contributed by atoms with E-state index in [9.17, 15) is 14.9 Å². The average molecular weight is 308 g/mol. The van der Waals surface area contributed by atoms with Crippen molar-refractivity contribution in [1.82, 2.24) is 10.2 Å². The summed E-state index contributed by atoms with van der Waals surface area (Å²) < 4.78 is 0. The highest BCUT2D eigenvalue weighted by atomic mass is 16.6. The van der Waals surface area contributed by atoms with Crippen molar-refractivity contribution in [2.24, 2.45) is 0 Å². The van der Waals surface area contributed by atoms with Crippen molar-refractivity contribution in [2.75, 3.05) is 5.32 Å². The van der Waals surface area contributed by atoms with E-state index in [1.54, 1.807) is 42.6 Å². The van der Waals surface area contributed by atoms with Crippen LogP contribution in [0.1, 0.15) is 15.9 Å². The summed E-state index contributed by atoms with van der Waals surface area (Å²) in [5, 5.41) is 20.6. The van der Waals surface area contributed by atoms with Gasteiger partial charge in [-0.1, -0.05) is 30.3 Å². The maximum atomic E-state index is 12.4. The Balaban J connectivity index is 1.96. The smallest absolute Gasteiger partial charge is 0.293 e. The molecule has 0 saturated carbocycles. The van der Waals surface area contributed by atoms with Crippen LogP contribution in [-0.4, -0.2) is 20.9 Å². The van der Waals surface area contributed by atoms with Gasteiger partial charge in [0, 0.05) is 23.4 Å². The number of hydrogen-bond acceptors (Lipinski definition) is 5. The van der Waals surface area contributed by atoms with E-state index >= 15 is 0 Å². The molecule has 0 spiro atoms. The maximum Gasteiger partial charge on any atom is 0.293 e. The molecule has 7 nitrogen and oxygen atoms in total. The Bertz CT molecular complexity index is 845. The first kappa shape index (κ1) is 14.5. The predicted octanol–water partition coefficient (Wildman–Crippen LogP) is 3.29. The molecule has 0 aliphatic carbocycles. The van der Waals surface area contributed by atoms with Crippen LogP contribution in [0.2, 0.25) is 0 Å². The zero-order chi connectivity index (χ0) is 16.2. The second kappa shape index (κ2) is 6.10. The zero-order valence-corrected chi connectivity index (χ0v) is 11.9. The van der Waals surface area contributed by atoms with E-state index in [-0.39, 0.29) is 17.0 Å². The van der Waals surface area contributed by atoms with Gasteiger partial charge in [0.1, 0.15) is 5.69 Å². The monoisotopic (exact) mass is 308 g/mol. The average Bonchev–Trinajstić information content (AvgIpc) is 3.08. The maximum absolute atomic E-state index is 12.4. The summed E-state index contributed by atoms with van der Waals surface area (Å²) in [6.07, 6.45) is 3.08. The number of benzene rings is 2. The van der Waals surface area contributed by atoms with Gasteiger partial charge in [-0.25, -0.2) is 0 Å². The fourth-order valence-electron chi connectivity index (χ4n) is 2.16. The van der Waals surface area contributed by atoms with E-state index in [4.69, 9.17) is 0 Å². The summed E-state index contributed by atoms with van der Waals surface area (Å²) in [4.78, 5) is 23.2. The Morgan fingerprint density at radius 2 is 1.91 bits per heavy atom. The lowest BCUT2D eigenvalue weighted by Crippen LogP contribution is -2.04. The minimum atomic E-state index is -0.524. The highest BCUT2D eigenvalue weighted by Gasteiger charge is 2.18. The Kier molecular flexibility index (Phi) is 3.84. The molecular formula is C16H12N4O3. The van der Waals surface area contributed by atoms with Crippen LogP contribution in [0.15, 0.2) is 60.9 Å². The number of carbonyl (C=O) groups is 1. The van der Waals surface area contributed by atoms with Crippen molar-refractivity contribution < 1.29 is 9.72 Å². The highest BCUT2D eigenvalue weighted by molar-refractivity contribution is 6.09. The van der Waals surface area contributed by atoms with Crippen LogP contribution >= 0.6 is 0 Å². The van der Waals surface area contributed by atoms with Gasteiger partial charge in [-0.15, -0.1) is 0 Å². The molecule has 3 aromatic rings. The Labute approximate surface area is 131 Å². The number of nitrogens with one attached hydrogen (secondary N) is 2. The van der Waals surface area contributed by atoms with Crippen molar-refractivity contribution in [3.05, 3.63) is 82.2 Å². The molecule has 0 saturated heterocycles. The van der Waals surface area contributed by atoms with Gasteiger partial charge in [0.2, 0.25) is 0 Å². The number of nitrogens with zero attached hydrogens (tertiary/aromatic N) is 2. The zero-order valence-electron chi connectivity index (χ0n) is 11.9. The van der Waals surface area contributed by atoms with Crippen LogP contribution in [0, 0.1) is 10.1 Å². The molecule has 2 aromatic carbocycles. The minimum absolute atomic E-state index is 0.173. The molecule has 1 aromatic heterocycles. The van der Waals surface area contributed by atoms with Crippen molar-refractivity contribution in [3.8, 4) is 0 Å². The summed E-state index contributed by atoms with van der Waals surface area (Å²) in [7, 11) is 0. The van der Waals surface area contributed by atoms with E-state index in [0.29, 0.717) is 16.9 Å². The molecular weight excluding hydrogens is 296 g/mol. The first-order valence-electron chi connectivity index (χ1n) is 6.79. The molecule has 0 atom stereocenters. The standard InChI is InChI=1S/C16H12N4O3/c21-16(11-4-2-1-3-5-11)12-6-7-14(15(8-12)20(22)23)19-13-9-17-18-10-13/h1-10,19H,(H,17,18). The molecule has 7 heteroatoms. The second-order valence-electron chi connectivity index (χ2n) is 4.80. The van der Waals surface area contributed by atoms with Gasteiger partial charge in [0.15, 0.2) is 5.78 Å². The molecule has 1 heterocycles. The van der Waals surface area contributed by atoms with Gasteiger partial charge in [-0.05, 0) is 12.1 Å². The number of rotatable bonds is 5. The van der Waals surface area contributed by atoms with Crippen molar-refractivity contribution in [3.63, 3.8) is 0 Å². The number of carbonyl (C=O) groups excluding carboxylic acids is 1. The lowest BCUT2D eigenvalue weighted by atomic mass is 10.0. The van der Waals surface area contributed by atoms with Crippen molar-refractivity contribution in [1.29, 1.82) is 0 Å². The summed E-state index contributed by atoms with van der Waals surface area (Å²) in [5.41, 5.74) is 1.46. The normalized spacial score (nSPS) is 10.3.